The van der Waals surface area contributed by atoms with Gasteiger partial charge in [0.05, 0.1) is 5.52 Å². The smallest absolute Gasteiger partial charge is 0.145 e. The number of hydrogen-bond acceptors (Lipinski definition) is 4. The van der Waals surface area contributed by atoms with Crippen LogP contribution in [0.2, 0.25) is 0 Å². The second-order valence-corrected chi connectivity index (χ2v) is 6.00. The van der Waals surface area contributed by atoms with Crippen LogP contribution in [-0.4, -0.2) is 22.5 Å². The Labute approximate surface area is 126 Å². The van der Waals surface area contributed by atoms with Crippen LogP contribution in [0.5, 0.6) is 0 Å². The predicted molar refractivity (Wildman–Crippen MR) is 87.9 cm³/mol. The van der Waals surface area contributed by atoms with Gasteiger partial charge in [0.15, 0.2) is 0 Å². The molecule has 1 fully saturated rings. The highest BCUT2D eigenvalue weighted by atomic mass is 15.3. The van der Waals surface area contributed by atoms with Crippen LogP contribution in [0.4, 0.5) is 5.82 Å². The van der Waals surface area contributed by atoms with Gasteiger partial charge in [-0.2, -0.15) is 0 Å². The number of nitrogens with two attached hydrogens (primary N) is 1. The molecule has 0 saturated carbocycles. The van der Waals surface area contributed by atoms with Crippen molar-refractivity contribution in [3.05, 3.63) is 35.9 Å². The summed E-state index contributed by atoms with van der Waals surface area (Å²) in [5.41, 5.74) is 4.94. The van der Waals surface area contributed by atoms with Gasteiger partial charge in [-0.1, -0.05) is 31.0 Å². The predicted octanol–water partition coefficient (Wildman–Crippen LogP) is 3.28. The molecule has 1 aliphatic rings. The van der Waals surface area contributed by atoms with Crippen LogP contribution in [0.1, 0.15) is 38.2 Å². The van der Waals surface area contributed by atoms with Crippen LogP contribution in [0, 0.1) is 0 Å². The molecule has 1 aromatic carbocycles. The van der Waals surface area contributed by atoms with Crippen LogP contribution in [0.15, 0.2) is 30.3 Å². The van der Waals surface area contributed by atoms with E-state index in [4.69, 9.17) is 5.84 Å². The Morgan fingerprint density at radius 2 is 2.14 bits per heavy atom. The van der Waals surface area contributed by atoms with Crippen LogP contribution >= 0.6 is 0 Å². The largest absolute Gasteiger partial charge is 0.308 e. The Bertz CT molecular complexity index is 611. The highest BCUT2D eigenvalue weighted by Crippen LogP contribution is 2.24. The first-order valence-corrected chi connectivity index (χ1v) is 7.87. The highest BCUT2D eigenvalue weighted by molar-refractivity contribution is 5.81. The quantitative estimate of drug-likeness (QED) is 0.671. The number of pyridine rings is 1. The average Bonchev–Trinajstić information content (AvgIpc) is 2.71. The maximum atomic E-state index is 5.68. The minimum absolute atomic E-state index is 0.629. The van der Waals surface area contributed by atoms with Crippen molar-refractivity contribution >= 4 is 16.7 Å². The fourth-order valence-corrected chi connectivity index (χ4v) is 3.19. The second kappa shape index (κ2) is 6.41. The van der Waals surface area contributed by atoms with E-state index in [0.29, 0.717) is 6.04 Å². The van der Waals surface area contributed by atoms with Gasteiger partial charge in [0.25, 0.3) is 0 Å². The lowest BCUT2D eigenvalue weighted by atomic mass is 10.1. The Kier molecular flexibility index (Phi) is 4.36. The number of nitrogens with zero attached hydrogens (tertiary/aromatic N) is 2. The van der Waals surface area contributed by atoms with Crippen molar-refractivity contribution in [3.63, 3.8) is 0 Å². The zero-order chi connectivity index (χ0) is 14.7. The van der Waals surface area contributed by atoms with Gasteiger partial charge in [0.1, 0.15) is 5.82 Å². The molecule has 0 spiro atoms. The van der Waals surface area contributed by atoms with E-state index in [9.17, 15) is 0 Å². The first kappa shape index (κ1) is 14.3. The molecule has 3 rings (SSSR count). The lowest BCUT2D eigenvalue weighted by Crippen LogP contribution is -2.32. The summed E-state index contributed by atoms with van der Waals surface area (Å²) in [5, 5.41) is 1.17. The zero-order valence-electron chi connectivity index (χ0n) is 12.7. The third-order valence-corrected chi connectivity index (χ3v) is 4.50. The van der Waals surface area contributed by atoms with Gasteiger partial charge in [0.2, 0.25) is 0 Å². The van der Waals surface area contributed by atoms with E-state index in [1.165, 1.54) is 36.6 Å². The number of hydrogen-bond donors (Lipinski definition) is 2. The average molecular weight is 284 g/mol. The molecule has 1 saturated heterocycles. The standard InChI is InChI=1S/C17H24N4/c1-13-7-3-2-6-10-21(13)12-15-11-14-8-4-5-9-16(14)19-17(15)20-18/h4-5,8-9,11,13H,2-3,6-7,10,12,18H2,1H3,(H,19,20). The summed E-state index contributed by atoms with van der Waals surface area (Å²) in [5.74, 6) is 6.48. The van der Waals surface area contributed by atoms with Crippen molar-refractivity contribution in [1.82, 2.24) is 9.88 Å². The Hall–Kier alpha value is -1.65. The van der Waals surface area contributed by atoms with Gasteiger partial charge in [-0.25, -0.2) is 10.8 Å². The van der Waals surface area contributed by atoms with E-state index < -0.39 is 0 Å². The van der Waals surface area contributed by atoms with Crippen molar-refractivity contribution < 1.29 is 0 Å². The zero-order valence-corrected chi connectivity index (χ0v) is 12.7. The number of aromatic nitrogens is 1. The first-order chi connectivity index (χ1) is 10.3. The third kappa shape index (κ3) is 3.17. The topological polar surface area (TPSA) is 54.2 Å². The van der Waals surface area contributed by atoms with Gasteiger partial charge in [0, 0.05) is 23.5 Å². The molecule has 1 unspecified atom stereocenters. The molecule has 1 aromatic heterocycles. The first-order valence-electron chi connectivity index (χ1n) is 7.87. The van der Waals surface area contributed by atoms with E-state index >= 15 is 0 Å². The van der Waals surface area contributed by atoms with E-state index in [0.717, 1.165) is 24.4 Å². The number of likely N-dealkylation sites (tertiary alicyclic amines) is 1. The van der Waals surface area contributed by atoms with Crippen molar-refractivity contribution in [2.24, 2.45) is 5.84 Å². The number of para-hydroxylation sites is 1. The van der Waals surface area contributed by atoms with E-state index in [1.54, 1.807) is 0 Å². The monoisotopic (exact) mass is 284 g/mol. The van der Waals surface area contributed by atoms with Crippen molar-refractivity contribution in [3.8, 4) is 0 Å². The summed E-state index contributed by atoms with van der Waals surface area (Å²) >= 11 is 0. The van der Waals surface area contributed by atoms with Gasteiger partial charge in [-0.3, -0.25) is 4.90 Å². The fraction of sp³-hybridized carbons (Fsp3) is 0.471. The summed E-state index contributed by atoms with van der Waals surface area (Å²) < 4.78 is 0. The van der Waals surface area contributed by atoms with Crippen LogP contribution in [0.25, 0.3) is 10.9 Å². The molecule has 3 N–H and O–H groups in total. The Balaban J connectivity index is 1.91. The minimum atomic E-state index is 0.629. The third-order valence-electron chi connectivity index (χ3n) is 4.50. The van der Waals surface area contributed by atoms with Crippen molar-refractivity contribution in [1.29, 1.82) is 0 Å². The summed E-state index contributed by atoms with van der Waals surface area (Å²) in [6.07, 6.45) is 5.26. The molecule has 0 bridgehead atoms. The molecule has 1 atom stereocenters. The SMILES string of the molecule is CC1CCCCCN1Cc1cc2ccccc2nc1NN. The molecule has 4 heteroatoms. The molecule has 112 valence electrons. The number of fused-ring (bicyclic) bond motifs is 1. The maximum absolute atomic E-state index is 5.68. The molecule has 2 heterocycles. The van der Waals surface area contributed by atoms with Gasteiger partial charge < -0.3 is 5.43 Å². The lowest BCUT2D eigenvalue weighted by Gasteiger charge is -2.27. The maximum Gasteiger partial charge on any atom is 0.145 e. The number of anilines is 1. The molecule has 0 aliphatic carbocycles. The molecule has 21 heavy (non-hydrogen) atoms. The van der Waals surface area contributed by atoms with Crippen molar-refractivity contribution in [2.75, 3.05) is 12.0 Å². The fourth-order valence-electron chi connectivity index (χ4n) is 3.19. The van der Waals surface area contributed by atoms with Crippen LogP contribution in [-0.2, 0) is 6.54 Å². The Morgan fingerprint density at radius 3 is 3.00 bits per heavy atom. The molecular weight excluding hydrogens is 260 g/mol. The molecule has 4 nitrogen and oxygen atoms in total. The summed E-state index contributed by atoms with van der Waals surface area (Å²) in [7, 11) is 0. The van der Waals surface area contributed by atoms with E-state index in [1.807, 2.05) is 12.1 Å². The van der Waals surface area contributed by atoms with Crippen molar-refractivity contribution in [2.45, 2.75) is 45.2 Å². The van der Waals surface area contributed by atoms with E-state index in [2.05, 4.69) is 40.4 Å². The normalized spacial score (nSPS) is 20.4. The Morgan fingerprint density at radius 1 is 1.29 bits per heavy atom. The molecule has 1 aliphatic heterocycles. The van der Waals surface area contributed by atoms with Gasteiger partial charge >= 0.3 is 0 Å². The lowest BCUT2D eigenvalue weighted by molar-refractivity contribution is 0.205. The van der Waals surface area contributed by atoms with Crippen LogP contribution < -0.4 is 11.3 Å². The van der Waals surface area contributed by atoms with E-state index in [-0.39, 0.29) is 0 Å². The number of nitrogens with one attached hydrogen (secondary N) is 1. The summed E-state index contributed by atoms with van der Waals surface area (Å²) in [6.45, 7) is 4.41. The molecular formula is C17H24N4. The molecule has 2 aromatic rings. The minimum Gasteiger partial charge on any atom is -0.308 e. The number of nitrogen functional groups attached to an aromatic ring is 1. The molecule has 0 radical (unpaired) electrons. The summed E-state index contributed by atoms with van der Waals surface area (Å²) in [4.78, 5) is 7.20. The molecule has 0 amide bonds. The second-order valence-electron chi connectivity index (χ2n) is 6.00. The summed E-state index contributed by atoms with van der Waals surface area (Å²) in [6, 6.07) is 11.0. The number of hydrazine groups is 1. The highest BCUT2D eigenvalue weighted by Gasteiger charge is 2.18. The van der Waals surface area contributed by atoms with Gasteiger partial charge in [-0.05, 0) is 38.4 Å². The van der Waals surface area contributed by atoms with Crippen LogP contribution in [0.3, 0.4) is 0 Å². The van der Waals surface area contributed by atoms with Gasteiger partial charge in [-0.15, -0.1) is 0 Å². The number of rotatable bonds is 3. The number of benzene rings is 1.